The summed E-state index contributed by atoms with van der Waals surface area (Å²) in [5.41, 5.74) is 2.98. The lowest BCUT2D eigenvalue weighted by atomic mass is 9.78. The molecule has 0 radical (unpaired) electrons. The number of aromatic nitrogens is 6. The van der Waals surface area contributed by atoms with E-state index in [4.69, 9.17) is 9.47 Å². The first kappa shape index (κ1) is 28.5. The number of nitrogens with zero attached hydrogens (tertiary/aromatic N) is 6. The van der Waals surface area contributed by atoms with Crippen LogP contribution in [0.3, 0.4) is 0 Å². The molecule has 2 atom stereocenters. The normalized spacial score (nSPS) is 16.3. The molecular formula is C30H32N8O4. The first-order valence-electron chi connectivity index (χ1n) is 13.7. The lowest BCUT2D eigenvalue weighted by Gasteiger charge is -2.28. The number of pyridine rings is 2. The number of anilines is 2. The molecule has 1 fully saturated rings. The van der Waals surface area contributed by atoms with Crippen molar-refractivity contribution in [2.75, 3.05) is 24.9 Å². The van der Waals surface area contributed by atoms with E-state index in [1.165, 1.54) is 0 Å². The largest absolute Gasteiger partial charge is 0.497 e. The van der Waals surface area contributed by atoms with Crippen molar-refractivity contribution in [3.63, 3.8) is 0 Å². The van der Waals surface area contributed by atoms with Gasteiger partial charge in [0.25, 0.3) is 0 Å². The fraction of sp³-hybridized carbons (Fsp3) is 0.333. The molecule has 0 bridgehead atoms. The number of carbonyl (C=O) groups is 2. The zero-order valence-electron chi connectivity index (χ0n) is 23.5. The lowest BCUT2D eigenvalue weighted by Crippen LogP contribution is -2.19. The van der Waals surface area contributed by atoms with Crippen LogP contribution in [0, 0.1) is 0 Å². The van der Waals surface area contributed by atoms with Crippen LogP contribution < -0.4 is 20.1 Å². The lowest BCUT2D eigenvalue weighted by molar-refractivity contribution is -0.116. The number of rotatable bonds is 10. The van der Waals surface area contributed by atoms with Gasteiger partial charge >= 0.3 is 0 Å². The number of amides is 2. The van der Waals surface area contributed by atoms with Crippen molar-refractivity contribution < 1.29 is 19.1 Å². The topological polar surface area (TPSA) is 154 Å². The molecule has 4 heterocycles. The molecule has 12 nitrogen and oxygen atoms in total. The van der Waals surface area contributed by atoms with E-state index in [1.54, 1.807) is 63.0 Å². The standard InChI is InChI=1S/C30H32N8O4/c1-41-23-10-12-31-21(15-23)17-29(39)33-27-8-6-25(35-37-27)19-4-3-5-20(14-19)26-7-9-28(38-36-26)34-30(40)18-22-16-24(42-2)11-13-32-22/h6-13,15-16,19-20H,3-5,14,17-18H2,1-2H3,(H,33,37,39)(H,34,38,40). The molecule has 12 heteroatoms. The third kappa shape index (κ3) is 7.59. The monoisotopic (exact) mass is 568 g/mol. The number of hydrogen-bond acceptors (Lipinski definition) is 10. The van der Waals surface area contributed by atoms with Gasteiger partial charge in [-0.25, -0.2) is 0 Å². The minimum absolute atomic E-state index is 0.105. The third-order valence-electron chi connectivity index (χ3n) is 7.15. The van der Waals surface area contributed by atoms with Crippen molar-refractivity contribution in [3.05, 3.63) is 83.7 Å². The van der Waals surface area contributed by atoms with Gasteiger partial charge in [0.2, 0.25) is 11.8 Å². The second-order valence-corrected chi connectivity index (χ2v) is 10.1. The van der Waals surface area contributed by atoms with Crippen LogP contribution in [0.25, 0.3) is 0 Å². The van der Waals surface area contributed by atoms with Crippen molar-refractivity contribution in [3.8, 4) is 11.5 Å². The van der Waals surface area contributed by atoms with E-state index in [1.807, 2.05) is 12.1 Å². The predicted molar refractivity (Wildman–Crippen MR) is 154 cm³/mol. The molecule has 1 aliphatic carbocycles. The van der Waals surface area contributed by atoms with E-state index in [2.05, 4.69) is 41.0 Å². The second-order valence-electron chi connectivity index (χ2n) is 10.1. The Morgan fingerprint density at radius 1 is 0.714 bits per heavy atom. The number of methoxy groups -OCH3 is 2. The van der Waals surface area contributed by atoms with Crippen LogP contribution in [0.5, 0.6) is 11.5 Å². The number of hydrogen-bond donors (Lipinski definition) is 2. The van der Waals surface area contributed by atoms with Gasteiger partial charge in [-0.3, -0.25) is 19.6 Å². The maximum absolute atomic E-state index is 12.5. The molecule has 5 rings (SSSR count). The van der Waals surface area contributed by atoms with Crippen molar-refractivity contribution in [2.24, 2.45) is 0 Å². The molecule has 0 aromatic carbocycles. The summed E-state index contributed by atoms with van der Waals surface area (Å²) < 4.78 is 10.4. The van der Waals surface area contributed by atoms with Crippen molar-refractivity contribution in [2.45, 2.75) is 50.4 Å². The van der Waals surface area contributed by atoms with Crippen LogP contribution in [-0.4, -0.2) is 56.4 Å². The molecule has 0 spiro atoms. The zero-order valence-corrected chi connectivity index (χ0v) is 23.5. The first-order valence-corrected chi connectivity index (χ1v) is 13.7. The van der Waals surface area contributed by atoms with Gasteiger partial charge < -0.3 is 20.1 Å². The maximum atomic E-state index is 12.5. The molecule has 2 unspecified atom stereocenters. The van der Waals surface area contributed by atoms with Crippen LogP contribution in [0.4, 0.5) is 11.6 Å². The van der Waals surface area contributed by atoms with Gasteiger partial charge in [-0.1, -0.05) is 6.42 Å². The third-order valence-corrected chi connectivity index (χ3v) is 7.15. The van der Waals surface area contributed by atoms with Crippen molar-refractivity contribution in [1.29, 1.82) is 0 Å². The van der Waals surface area contributed by atoms with E-state index >= 15 is 0 Å². The van der Waals surface area contributed by atoms with Gasteiger partial charge in [-0.05, 0) is 55.7 Å². The van der Waals surface area contributed by atoms with Crippen LogP contribution in [0.15, 0.2) is 60.9 Å². The zero-order chi connectivity index (χ0) is 29.3. The molecule has 1 aliphatic rings. The van der Waals surface area contributed by atoms with Gasteiger partial charge in [0.1, 0.15) is 11.5 Å². The Balaban J connectivity index is 1.13. The molecule has 42 heavy (non-hydrogen) atoms. The van der Waals surface area contributed by atoms with Gasteiger partial charge in [0, 0.05) is 36.4 Å². The fourth-order valence-corrected chi connectivity index (χ4v) is 5.04. The highest BCUT2D eigenvalue weighted by Gasteiger charge is 2.27. The Morgan fingerprint density at radius 3 is 1.60 bits per heavy atom. The summed E-state index contributed by atoms with van der Waals surface area (Å²) in [7, 11) is 3.14. The van der Waals surface area contributed by atoms with Gasteiger partial charge in [-0.15, -0.1) is 10.2 Å². The summed E-state index contributed by atoms with van der Waals surface area (Å²) in [6, 6.07) is 14.3. The first-order chi connectivity index (χ1) is 20.5. The van der Waals surface area contributed by atoms with Crippen molar-refractivity contribution in [1.82, 2.24) is 30.4 Å². The maximum Gasteiger partial charge on any atom is 0.231 e. The average molecular weight is 569 g/mol. The summed E-state index contributed by atoms with van der Waals surface area (Å²) in [5.74, 6) is 2.06. The number of carbonyl (C=O) groups excluding carboxylic acids is 2. The van der Waals surface area contributed by atoms with Crippen LogP contribution >= 0.6 is 0 Å². The molecule has 0 aliphatic heterocycles. The minimum Gasteiger partial charge on any atom is -0.497 e. The van der Waals surface area contributed by atoms with E-state index < -0.39 is 0 Å². The highest BCUT2D eigenvalue weighted by atomic mass is 16.5. The summed E-state index contributed by atoms with van der Waals surface area (Å²) in [5, 5.41) is 22.9. The van der Waals surface area contributed by atoms with E-state index in [-0.39, 0.29) is 36.5 Å². The molecule has 0 saturated heterocycles. The Kier molecular flexibility index (Phi) is 9.22. The SMILES string of the molecule is COc1ccnc(CC(=O)Nc2ccc(C3CCCC(c4ccc(NC(=O)Cc5cc(OC)ccn5)nn4)C3)nn2)c1. The Morgan fingerprint density at radius 2 is 1.19 bits per heavy atom. The van der Waals surface area contributed by atoms with Gasteiger partial charge in [-0.2, -0.15) is 10.2 Å². The fourth-order valence-electron chi connectivity index (χ4n) is 5.04. The van der Waals surface area contributed by atoms with Crippen LogP contribution in [0.1, 0.15) is 60.3 Å². The van der Waals surface area contributed by atoms with Crippen molar-refractivity contribution >= 4 is 23.5 Å². The van der Waals surface area contributed by atoms with Gasteiger partial charge in [0.05, 0.1) is 49.8 Å². The quantitative estimate of drug-likeness (QED) is 0.288. The summed E-state index contributed by atoms with van der Waals surface area (Å²) in [6.45, 7) is 0. The smallest absolute Gasteiger partial charge is 0.231 e. The highest BCUT2D eigenvalue weighted by molar-refractivity contribution is 5.91. The minimum atomic E-state index is -0.231. The predicted octanol–water partition coefficient (Wildman–Crippen LogP) is 3.88. The molecule has 1 saturated carbocycles. The highest BCUT2D eigenvalue weighted by Crippen LogP contribution is 2.40. The second kappa shape index (κ2) is 13.6. The molecule has 216 valence electrons. The molecule has 2 N–H and O–H groups in total. The van der Waals surface area contributed by atoms with E-state index in [0.717, 1.165) is 37.1 Å². The molecular weight excluding hydrogens is 536 g/mol. The molecule has 4 aromatic heterocycles. The molecule has 2 amide bonds. The van der Waals surface area contributed by atoms with Gasteiger partial charge in [0.15, 0.2) is 11.6 Å². The van der Waals surface area contributed by atoms with Crippen LogP contribution in [-0.2, 0) is 22.4 Å². The van der Waals surface area contributed by atoms with E-state index in [9.17, 15) is 9.59 Å². The average Bonchev–Trinajstić information content (AvgIpc) is 3.02. The van der Waals surface area contributed by atoms with Crippen LogP contribution in [0.2, 0.25) is 0 Å². The number of ether oxygens (including phenoxy) is 2. The summed E-state index contributed by atoms with van der Waals surface area (Å²) in [4.78, 5) is 33.3. The summed E-state index contributed by atoms with van der Waals surface area (Å²) >= 11 is 0. The Bertz CT molecular complexity index is 1400. The van der Waals surface area contributed by atoms with E-state index in [0.29, 0.717) is 34.5 Å². The number of nitrogens with one attached hydrogen (secondary N) is 2. The molecule has 4 aromatic rings. The summed E-state index contributed by atoms with van der Waals surface area (Å²) in [6.07, 6.45) is 7.31. The Hall–Kier alpha value is -5.00. The Labute approximate surface area is 243 Å².